The lowest BCUT2D eigenvalue weighted by atomic mass is 10.2. The number of nitrogens with zero attached hydrogens (tertiary/aromatic N) is 1. The predicted molar refractivity (Wildman–Crippen MR) is 94.0 cm³/mol. The Morgan fingerprint density at radius 2 is 1.45 bits per heavy atom. The average Bonchev–Trinajstić information content (AvgIpc) is 2.45. The fraction of sp³-hybridized carbons (Fsp3) is 0.938. The molecule has 0 aliphatic carbocycles. The minimum absolute atomic E-state index is 0.354. The molecule has 134 valence electrons. The van der Waals surface area contributed by atoms with Gasteiger partial charge in [-0.05, 0) is 72.8 Å². The van der Waals surface area contributed by atoms with Crippen LogP contribution < -0.4 is 16.8 Å². The first-order valence-electron chi connectivity index (χ1n) is 8.48. The Kier molecular flexibility index (Phi) is 16.0. The summed E-state index contributed by atoms with van der Waals surface area (Å²) in [6.07, 6.45) is 2.52. The lowest BCUT2D eigenvalue weighted by Gasteiger charge is -2.22. The number of ether oxygens (including phenoxy) is 1. The van der Waals surface area contributed by atoms with Gasteiger partial charge in [0.25, 0.3) is 0 Å². The Morgan fingerprint density at radius 1 is 1.00 bits per heavy atom. The summed E-state index contributed by atoms with van der Waals surface area (Å²) in [5.41, 5.74) is 10.6. The van der Waals surface area contributed by atoms with Crippen LogP contribution in [0.15, 0.2) is 0 Å². The lowest BCUT2D eigenvalue weighted by molar-refractivity contribution is 0.0525. The molecule has 0 bridgehead atoms. The summed E-state index contributed by atoms with van der Waals surface area (Å²) in [6.45, 7) is 14.5. The topological polar surface area (TPSA) is 93.6 Å². The molecule has 0 aromatic rings. The van der Waals surface area contributed by atoms with Gasteiger partial charge in [0.05, 0.1) is 0 Å². The van der Waals surface area contributed by atoms with Crippen LogP contribution in [-0.2, 0) is 4.74 Å². The summed E-state index contributed by atoms with van der Waals surface area (Å²) in [5.74, 6) is 0. The van der Waals surface area contributed by atoms with Crippen molar-refractivity contribution < 1.29 is 9.53 Å². The zero-order chi connectivity index (χ0) is 17.4. The Balaban J connectivity index is 0. The minimum atomic E-state index is -0.446. The first-order chi connectivity index (χ1) is 10.4. The zero-order valence-corrected chi connectivity index (χ0v) is 15.3. The highest BCUT2D eigenvalue weighted by Gasteiger charge is 2.15. The first-order valence-corrected chi connectivity index (χ1v) is 8.48. The molecule has 0 aliphatic heterocycles. The third kappa shape index (κ3) is 17.2. The van der Waals surface area contributed by atoms with Crippen molar-refractivity contribution in [1.82, 2.24) is 10.2 Å². The van der Waals surface area contributed by atoms with Gasteiger partial charge in [-0.2, -0.15) is 0 Å². The van der Waals surface area contributed by atoms with E-state index >= 15 is 0 Å². The number of hydrogen-bond donors (Lipinski definition) is 3. The van der Waals surface area contributed by atoms with Crippen LogP contribution in [0.2, 0.25) is 0 Å². The van der Waals surface area contributed by atoms with Crippen LogP contribution in [0.25, 0.3) is 0 Å². The van der Waals surface area contributed by atoms with Crippen molar-refractivity contribution >= 4 is 6.09 Å². The Bertz CT molecular complexity index is 247. The normalized spacial score (nSPS) is 10.9. The summed E-state index contributed by atoms with van der Waals surface area (Å²) in [6, 6.07) is 0. The number of alkyl carbamates (subject to hydrolysis) is 1. The highest BCUT2D eigenvalue weighted by molar-refractivity contribution is 5.67. The molecule has 0 atom stereocenters. The second-order valence-corrected chi connectivity index (χ2v) is 5.91. The summed E-state index contributed by atoms with van der Waals surface area (Å²) < 4.78 is 5.18. The van der Waals surface area contributed by atoms with E-state index < -0.39 is 5.60 Å². The van der Waals surface area contributed by atoms with Gasteiger partial charge in [0, 0.05) is 6.54 Å². The molecule has 22 heavy (non-hydrogen) atoms. The van der Waals surface area contributed by atoms with Gasteiger partial charge in [-0.1, -0.05) is 13.8 Å². The summed E-state index contributed by atoms with van der Waals surface area (Å²) in [7, 11) is 0. The van der Waals surface area contributed by atoms with E-state index in [1.54, 1.807) is 0 Å². The van der Waals surface area contributed by atoms with E-state index in [4.69, 9.17) is 16.2 Å². The van der Waals surface area contributed by atoms with E-state index in [0.717, 1.165) is 38.9 Å². The molecule has 0 unspecified atom stereocenters. The summed E-state index contributed by atoms with van der Waals surface area (Å²) in [5, 5.41) is 2.77. The predicted octanol–water partition coefficient (Wildman–Crippen LogP) is 1.93. The van der Waals surface area contributed by atoms with E-state index in [2.05, 4.69) is 10.2 Å². The molecule has 1 amide bonds. The van der Waals surface area contributed by atoms with Crippen LogP contribution in [-0.4, -0.2) is 55.9 Å². The van der Waals surface area contributed by atoms with Gasteiger partial charge in [-0.15, -0.1) is 0 Å². The molecule has 0 saturated heterocycles. The molecule has 0 fully saturated rings. The standard InChI is InChI=1S/C14H32N4O2.C2H6/c1-14(2,3)20-13(19)17-9-6-12-18(10-4-7-15)11-5-8-16;1-2/h4-12,15-16H2,1-3H3,(H,17,19);1-2H3. The van der Waals surface area contributed by atoms with Crippen LogP contribution in [0, 0.1) is 0 Å². The second-order valence-electron chi connectivity index (χ2n) is 5.91. The fourth-order valence-corrected chi connectivity index (χ4v) is 1.77. The van der Waals surface area contributed by atoms with Gasteiger partial charge >= 0.3 is 6.09 Å². The van der Waals surface area contributed by atoms with E-state index in [-0.39, 0.29) is 6.09 Å². The summed E-state index contributed by atoms with van der Waals surface area (Å²) >= 11 is 0. The smallest absolute Gasteiger partial charge is 0.407 e. The van der Waals surface area contributed by atoms with Gasteiger partial charge in [-0.3, -0.25) is 0 Å². The third-order valence-corrected chi connectivity index (χ3v) is 2.68. The van der Waals surface area contributed by atoms with E-state index in [1.165, 1.54) is 0 Å². The van der Waals surface area contributed by atoms with Crippen LogP contribution in [0.1, 0.15) is 53.9 Å². The number of carbonyl (C=O) groups is 1. The van der Waals surface area contributed by atoms with E-state index in [1.807, 2.05) is 34.6 Å². The number of nitrogens with one attached hydrogen (secondary N) is 1. The number of hydrogen-bond acceptors (Lipinski definition) is 5. The molecule has 5 N–H and O–H groups in total. The Hall–Kier alpha value is -0.850. The molecular formula is C16H38N4O2. The maximum atomic E-state index is 11.5. The first kappa shape index (κ1) is 23.4. The fourth-order valence-electron chi connectivity index (χ4n) is 1.77. The SMILES string of the molecule is CC.CC(C)(C)OC(=O)NCCCN(CCCN)CCCN. The number of carbonyl (C=O) groups excluding carboxylic acids is 1. The van der Waals surface area contributed by atoms with Crippen molar-refractivity contribution in [2.24, 2.45) is 11.5 Å². The largest absolute Gasteiger partial charge is 0.444 e. The molecular weight excluding hydrogens is 280 g/mol. The Morgan fingerprint density at radius 3 is 1.86 bits per heavy atom. The summed E-state index contributed by atoms with van der Waals surface area (Å²) in [4.78, 5) is 13.8. The lowest BCUT2D eigenvalue weighted by Crippen LogP contribution is -2.35. The van der Waals surface area contributed by atoms with E-state index in [0.29, 0.717) is 19.6 Å². The van der Waals surface area contributed by atoms with Gasteiger partial charge in [0.2, 0.25) is 0 Å². The zero-order valence-electron chi connectivity index (χ0n) is 15.3. The van der Waals surface area contributed by atoms with Crippen molar-refractivity contribution in [3.05, 3.63) is 0 Å². The van der Waals surface area contributed by atoms with E-state index in [9.17, 15) is 4.79 Å². The number of nitrogens with two attached hydrogens (primary N) is 2. The minimum Gasteiger partial charge on any atom is -0.444 e. The van der Waals surface area contributed by atoms with Crippen LogP contribution in [0.3, 0.4) is 0 Å². The molecule has 0 aliphatic rings. The third-order valence-electron chi connectivity index (χ3n) is 2.68. The van der Waals surface area contributed by atoms with Crippen LogP contribution in [0.4, 0.5) is 4.79 Å². The molecule has 0 aromatic carbocycles. The van der Waals surface area contributed by atoms with Crippen molar-refractivity contribution in [2.45, 2.75) is 59.5 Å². The molecule has 6 nitrogen and oxygen atoms in total. The number of rotatable bonds is 10. The molecule has 6 heteroatoms. The van der Waals surface area contributed by atoms with Gasteiger partial charge in [0.1, 0.15) is 5.60 Å². The van der Waals surface area contributed by atoms with Gasteiger partial charge in [-0.25, -0.2) is 4.79 Å². The molecule has 0 radical (unpaired) electrons. The van der Waals surface area contributed by atoms with Crippen molar-refractivity contribution in [3.63, 3.8) is 0 Å². The van der Waals surface area contributed by atoms with Crippen molar-refractivity contribution in [3.8, 4) is 0 Å². The highest BCUT2D eigenvalue weighted by Crippen LogP contribution is 2.06. The molecule has 0 spiro atoms. The monoisotopic (exact) mass is 318 g/mol. The quantitative estimate of drug-likeness (QED) is 0.535. The molecule has 0 aromatic heterocycles. The molecule has 0 rings (SSSR count). The average molecular weight is 319 g/mol. The van der Waals surface area contributed by atoms with Gasteiger partial charge in [0.15, 0.2) is 0 Å². The van der Waals surface area contributed by atoms with Crippen molar-refractivity contribution in [2.75, 3.05) is 39.3 Å². The molecule has 0 heterocycles. The molecule has 0 saturated carbocycles. The second kappa shape index (κ2) is 15.1. The van der Waals surface area contributed by atoms with Gasteiger partial charge < -0.3 is 26.4 Å². The number of amides is 1. The van der Waals surface area contributed by atoms with Crippen LogP contribution >= 0.6 is 0 Å². The maximum absolute atomic E-state index is 11.5. The highest BCUT2D eigenvalue weighted by atomic mass is 16.6. The Labute approximate surface area is 136 Å². The van der Waals surface area contributed by atoms with Crippen LogP contribution in [0.5, 0.6) is 0 Å². The van der Waals surface area contributed by atoms with Crippen molar-refractivity contribution in [1.29, 1.82) is 0 Å². The maximum Gasteiger partial charge on any atom is 0.407 e.